The van der Waals surface area contributed by atoms with Gasteiger partial charge in [-0.15, -0.1) is 0 Å². The van der Waals surface area contributed by atoms with Crippen molar-refractivity contribution in [1.29, 1.82) is 0 Å². The topological polar surface area (TPSA) is 90.0 Å². The molecule has 1 aromatic rings. The second kappa shape index (κ2) is 10.6. The zero-order valence-electron chi connectivity index (χ0n) is 17.2. The fourth-order valence-corrected chi connectivity index (χ4v) is 4.49. The van der Waals surface area contributed by atoms with Crippen molar-refractivity contribution in [3.8, 4) is 0 Å². The Hall–Kier alpha value is -2.39. The second-order valence-electron chi connectivity index (χ2n) is 7.60. The first-order valence-electron chi connectivity index (χ1n) is 10.5. The highest BCUT2D eigenvalue weighted by atomic mass is 32.2. The minimum atomic E-state index is -3.60. The maximum atomic E-state index is 12.5. The van der Waals surface area contributed by atoms with Crippen LogP contribution in [0.3, 0.4) is 0 Å². The van der Waals surface area contributed by atoms with E-state index >= 15 is 0 Å². The van der Waals surface area contributed by atoms with Gasteiger partial charge in [0, 0.05) is 57.6 Å². The van der Waals surface area contributed by atoms with E-state index in [2.05, 4.69) is 4.72 Å². The average Bonchev–Trinajstić information content (AvgIpc) is 2.78. The molecule has 2 heterocycles. The highest BCUT2D eigenvalue weighted by Gasteiger charge is 2.27. The lowest BCUT2D eigenvalue weighted by Crippen LogP contribution is -2.54. The number of hydrogen-bond donors (Lipinski definition) is 1. The van der Waals surface area contributed by atoms with Crippen molar-refractivity contribution >= 4 is 28.0 Å². The Morgan fingerprint density at radius 1 is 0.867 bits per heavy atom. The van der Waals surface area contributed by atoms with E-state index in [4.69, 9.17) is 0 Å². The molecule has 0 aliphatic carbocycles. The average molecular weight is 435 g/mol. The van der Waals surface area contributed by atoms with Gasteiger partial charge in [0.15, 0.2) is 0 Å². The van der Waals surface area contributed by atoms with Crippen LogP contribution >= 0.6 is 0 Å². The van der Waals surface area contributed by atoms with Crippen molar-refractivity contribution in [1.82, 2.24) is 19.4 Å². The molecule has 0 atom stereocenters. The van der Waals surface area contributed by atoms with Crippen LogP contribution in [0.2, 0.25) is 0 Å². The van der Waals surface area contributed by atoms with Crippen LogP contribution < -0.4 is 4.72 Å². The van der Waals surface area contributed by atoms with Crippen LogP contribution in [0.5, 0.6) is 0 Å². The van der Waals surface area contributed by atoms with Gasteiger partial charge in [-0.2, -0.15) is 0 Å². The molecule has 2 aliphatic heterocycles. The van der Waals surface area contributed by atoms with Crippen LogP contribution in [0.4, 0.5) is 4.79 Å². The minimum absolute atomic E-state index is 0.0488. The first kappa shape index (κ1) is 22.3. The molecule has 0 saturated carbocycles. The number of hydrogen-bond acceptors (Lipinski definition) is 4. The van der Waals surface area contributed by atoms with Gasteiger partial charge >= 0.3 is 6.03 Å². The summed E-state index contributed by atoms with van der Waals surface area (Å²) in [5.74, 6) is -0.102. The third-order valence-electron chi connectivity index (χ3n) is 5.41. The first-order valence-corrected chi connectivity index (χ1v) is 12.0. The number of nitrogens with one attached hydrogen (secondary N) is 1. The largest absolute Gasteiger partial charge is 0.339 e. The highest BCUT2D eigenvalue weighted by molar-refractivity contribution is 7.92. The predicted molar refractivity (Wildman–Crippen MR) is 116 cm³/mol. The Morgan fingerprint density at radius 2 is 1.47 bits per heavy atom. The van der Waals surface area contributed by atoms with Crippen molar-refractivity contribution in [3.63, 3.8) is 0 Å². The fraction of sp³-hybridized carbons (Fsp3) is 0.524. The lowest BCUT2D eigenvalue weighted by atomic mass is 10.1. The Labute approximate surface area is 178 Å². The van der Waals surface area contributed by atoms with E-state index in [-0.39, 0.29) is 24.9 Å². The molecule has 1 N–H and O–H groups in total. The summed E-state index contributed by atoms with van der Waals surface area (Å²) in [6.07, 6.45) is 4.90. The fourth-order valence-electron chi connectivity index (χ4n) is 3.67. The summed E-state index contributed by atoms with van der Waals surface area (Å²) < 4.78 is 26.6. The Kier molecular flexibility index (Phi) is 7.87. The Bertz CT molecular complexity index is 843. The molecule has 1 aromatic carbocycles. The van der Waals surface area contributed by atoms with Gasteiger partial charge in [-0.3, -0.25) is 4.79 Å². The molecule has 3 amide bonds. The predicted octanol–water partition coefficient (Wildman–Crippen LogP) is 1.72. The quantitative estimate of drug-likeness (QED) is 0.738. The molecule has 0 aromatic heterocycles. The molecular weight excluding hydrogens is 404 g/mol. The summed E-state index contributed by atoms with van der Waals surface area (Å²) in [6, 6.07) is 9.21. The zero-order chi connectivity index (χ0) is 21.4. The lowest BCUT2D eigenvalue weighted by Gasteiger charge is -2.38. The van der Waals surface area contributed by atoms with Crippen LogP contribution in [0.1, 0.15) is 31.2 Å². The maximum Gasteiger partial charge on any atom is 0.320 e. The molecule has 0 spiro atoms. The summed E-state index contributed by atoms with van der Waals surface area (Å²) in [6.45, 7) is 3.69. The number of urea groups is 1. The van der Waals surface area contributed by atoms with Gasteiger partial charge in [0.25, 0.3) is 0 Å². The van der Waals surface area contributed by atoms with E-state index in [1.54, 1.807) is 4.90 Å². The number of amides is 3. The van der Waals surface area contributed by atoms with Crippen LogP contribution in [0.15, 0.2) is 35.7 Å². The molecule has 2 saturated heterocycles. The van der Waals surface area contributed by atoms with Gasteiger partial charge in [0.05, 0.1) is 0 Å². The van der Waals surface area contributed by atoms with Crippen molar-refractivity contribution < 1.29 is 18.0 Å². The minimum Gasteiger partial charge on any atom is -0.339 e. The number of piperidine rings is 1. The van der Waals surface area contributed by atoms with E-state index in [1.807, 2.05) is 40.1 Å². The molecule has 0 radical (unpaired) electrons. The summed E-state index contributed by atoms with van der Waals surface area (Å²) in [7, 11) is -3.60. The third kappa shape index (κ3) is 6.56. The lowest BCUT2D eigenvalue weighted by molar-refractivity contribution is -0.132. The first-order chi connectivity index (χ1) is 14.4. The number of likely N-dealkylation sites (tertiary alicyclic amines) is 1. The molecule has 9 heteroatoms. The standard InChI is InChI=1S/C21H30N4O4S/c26-20(9-11-22-30(28,29)18-10-19-7-3-1-4-8-19)23-14-16-25(17-15-23)21(27)24-12-5-2-6-13-24/h1,3-4,7-8,10,18,22H,2,5-6,9,11-17H2/b18-10+. The van der Waals surface area contributed by atoms with Crippen LogP contribution in [0, 0.1) is 0 Å². The molecule has 2 aliphatic rings. The molecule has 3 rings (SSSR count). The zero-order valence-corrected chi connectivity index (χ0v) is 18.0. The summed E-state index contributed by atoms with van der Waals surface area (Å²) >= 11 is 0. The monoisotopic (exact) mass is 434 g/mol. The summed E-state index contributed by atoms with van der Waals surface area (Å²) in [5.41, 5.74) is 0.788. The summed E-state index contributed by atoms with van der Waals surface area (Å²) in [4.78, 5) is 30.4. The van der Waals surface area contributed by atoms with Crippen molar-refractivity contribution in [2.75, 3.05) is 45.8 Å². The van der Waals surface area contributed by atoms with E-state index in [9.17, 15) is 18.0 Å². The van der Waals surface area contributed by atoms with E-state index in [0.29, 0.717) is 26.2 Å². The second-order valence-corrected chi connectivity index (χ2v) is 9.25. The Balaban J connectivity index is 1.38. The van der Waals surface area contributed by atoms with Gasteiger partial charge in [-0.05, 0) is 30.9 Å². The van der Waals surface area contributed by atoms with Gasteiger partial charge in [-0.25, -0.2) is 17.9 Å². The van der Waals surface area contributed by atoms with Gasteiger partial charge < -0.3 is 14.7 Å². The van der Waals surface area contributed by atoms with Crippen molar-refractivity contribution in [3.05, 3.63) is 41.3 Å². The number of rotatable bonds is 6. The molecule has 0 bridgehead atoms. The maximum absolute atomic E-state index is 12.5. The van der Waals surface area contributed by atoms with E-state index in [1.165, 1.54) is 12.5 Å². The number of piperazine rings is 1. The normalized spacial score (nSPS) is 18.1. The van der Waals surface area contributed by atoms with Gasteiger partial charge in [0.2, 0.25) is 15.9 Å². The van der Waals surface area contributed by atoms with Gasteiger partial charge in [-0.1, -0.05) is 30.3 Å². The third-order valence-corrected chi connectivity index (χ3v) is 6.51. The number of sulfonamides is 1. The number of benzene rings is 1. The smallest absolute Gasteiger partial charge is 0.320 e. The number of carbonyl (C=O) groups is 2. The number of carbonyl (C=O) groups excluding carboxylic acids is 2. The van der Waals surface area contributed by atoms with Crippen LogP contribution in [-0.4, -0.2) is 80.9 Å². The van der Waals surface area contributed by atoms with Crippen LogP contribution in [0.25, 0.3) is 6.08 Å². The Morgan fingerprint density at radius 3 is 2.13 bits per heavy atom. The van der Waals surface area contributed by atoms with Crippen molar-refractivity contribution in [2.45, 2.75) is 25.7 Å². The van der Waals surface area contributed by atoms with Gasteiger partial charge in [0.1, 0.15) is 0 Å². The molecule has 0 unspecified atom stereocenters. The van der Waals surface area contributed by atoms with Crippen molar-refractivity contribution in [2.24, 2.45) is 0 Å². The van der Waals surface area contributed by atoms with E-state index in [0.717, 1.165) is 36.9 Å². The SMILES string of the molecule is O=C(CCNS(=O)(=O)/C=C/c1ccccc1)N1CCN(C(=O)N2CCCCC2)CC1. The highest BCUT2D eigenvalue weighted by Crippen LogP contribution is 2.13. The molecule has 164 valence electrons. The molecule has 2 fully saturated rings. The van der Waals surface area contributed by atoms with E-state index < -0.39 is 10.0 Å². The molecule has 8 nitrogen and oxygen atoms in total. The number of nitrogens with zero attached hydrogens (tertiary/aromatic N) is 3. The molecule has 30 heavy (non-hydrogen) atoms. The summed E-state index contributed by atoms with van der Waals surface area (Å²) in [5, 5.41) is 1.11. The van der Waals surface area contributed by atoms with Crippen LogP contribution in [-0.2, 0) is 14.8 Å². The molecular formula is C21H30N4O4S.